The van der Waals surface area contributed by atoms with Gasteiger partial charge in [0.25, 0.3) is 0 Å². The second-order valence-corrected chi connectivity index (χ2v) is 8.24. The Labute approximate surface area is 126 Å². The zero-order valence-corrected chi connectivity index (χ0v) is 13.2. The number of carboxylic acids is 2. The fourth-order valence-corrected chi connectivity index (χ4v) is 4.56. The van der Waals surface area contributed by atoms with Crippen LogP contribution in [0.3, 0.4) is 0 Å². The Hall–Kier alpha value is -1.17. The third-order valence-electron chi connectivity index (χ3n) is 3.11. The molecule has 8 heteroatoms. The number of hydrogen-bond donors (Lipinski definition) is 3. The van der Waals surface area contributed by atoms with Gasteiger partial charge in [0.2, 0.25) is 7.37 Å². The number of aryl methyl sites for hydroxylation is 1. The lowest BCUT2D eigenvalue weighted by atomic mass is 10.1. The van der Waals surface area contributed by atoms with Gasteiger partial charge in [-0.15, -0.1) is 0 Å². The molecule has 0 aromatic carbocycles. The summed E-state index contributed by atoms with van der Waals surface area (Å²) < 4.78 is 12.0. The highest BCUT2D eigenvalue weighted by molar-refractivity contribution is 7.58. The third kappa shape index (κ3) is 7.41. The molecule has 0 bridgehead atoms. The van der Waals surface area contributed by atoms with Crippen LogP contribution >= 0.6 is 18.7 Å². The third-order valence-corrected chi connectivity index (χ3v) is 5.87. The molecule has 0 radical (unpaired) electrons. The maximum atomic E-state index is 12.0. The van der Waals surface area contributed by atoms with Gasteiger partial charge in [-0.25, -0.2) is 0 Å². The van der Waals surface area contributed by atoms with E-state index in [1.165, 1.54) is 0 Å². The lowest BCUT2D eigenvalue weighted by molar-refractivity contribution is -0.142. The number of thiophene rings is 1. The van der Waals surface area contributed by atoms with Crippen LogP contribution in [0.15, 0.2) is 16.8 Å². The first-order chi connectivity index (χ1) is 9.80. The quantitative estimate of drug-likeness (QED) is 0.567. The smallest absolute Gasteiger partial charge is 0.307 e. The Morgan fingerprint density at radius 1 is 1.33 bits per heavy atom. The molecule has 0 aliphatic rings. The second kappa shape index (κ2) is 8.32. The molecule has 0 aliphatic carbocycles. The molecule has 0 saturated heterocycles. The van der Waals surface area contributed by atoms with Gasteiger partial charge in [0.15, 0.2) is 0 Å². The summed E-state index contributed by atoms with van der Waals surface area (Å²) in [6.45, 7) is 0. The van der Waals surface area contributed by atoms with Gasteiger partial charge in [-0.1, -0.05) is 0 Å². The largest absolute Gasteiger partial charge is 0.481 e. The van der Waals surface area contributed by atoms with Crippen LogP contribution < -0.4 is 0 Å². The van der Waals surface area contributed by atoms with E-state index in [2.05, 4.69) is 0 Å². The summed E-state index contributed by atoms with van der Waals surface area (Å²) in [5, 5.41) is 21.5. The van der Waals surface area contributed by atoms with Crippen molar-refractivity contribution < 1.29 is 29.3 Å². The molecule has 6 nitrogen and oxygen atoms in total. The highest BCUT2D eigenvalue weighted by atomic mass is 32.1. The van der Waals surface area contributed by atoms with Crippen molar-refractivity contribution in [3.8, 4) is 0 Å². The summed E-state index contributed by atoms with van der Waals surface area (Å²) in [4.78, 5) is 31.4. The topological polar surface area (TPSA) is 112 Å². The molecule has 0 fully saturated rings. The van der Waals surface area contributed by atoms with Gasteiger partial charge in [-0.2, -0.15) is 11.3 Å². The van der Waals surface area contributed by atoms with Gasteiger partial charge in [-0.3, -0.25) is 14.2 Å². The Kier molecular flexibility index (Phi) is 7.08. The minimum Gasteiger partial charge on any atom is -0.481 e. The zero-order valence-electron chi connectivity index (χ0n) is 11.5. The van der Waals surface area contributed by atoms with E-state index >= 15 is 0 Å². The molecule has 21 heavy (non-hydrogen) atoms. The highest BCUT2D eigenvalue weighted by Crippen LogP contribution is 2.44. The summed E-state index contributed by atoms with van der Waals surface area (Å²) in [6, 6.07) is 1.94. The van der Waals surface area contributed by atoms with Crippen LogP contribution in [0, 0.1) is 5.92 Å². The van der Waals surface area contributed by atoms with Gasteiger partial charge in [-0.05, 0) is 41.7 Å². The van der Waals surface area contributed by atoms with Gasteiger partial charge >= 0.3 is 11.9 Å². The molecule has 1 aromatic rings. The molecule has 2 atom stereocenters. The SMILES string of the molecule is O=C(O)CCC(CP(=O)(O)CCCc1ccsc1)C(=O)O. The standard InChI is InChI=1S/C13H19O6PS/c14-12(15)4-3-11(13(16)17)8-20(18,19)6-1-2-10-5-7-21-9-10/h5,7,9,11H,1-4,6,8H2,(H,14,15)(H,16,17)(H,18,19). The van der Waals surface area contributed by atoms with Crippen LogP contribution in [0.1, 0.15) is 24.8 Å². The normalized spacial score (nSPS) is 15.3. The van der Waals surface area contributed by atoms with Gasteiger partial charge < -0.3 is 15.1 Å². The number of rotatable bonds is 10. The van der Waals surface area contributed by atoms with Gasteiger partial charge in [0.1, 0.15) is 0 Å². The van der Waals surface area contributed by atoms with Crippen molar-refractivity contribution in [2.24, 2.45) is 5.92 Å². The summed E-state index contributed by atoms with van der Waals surface area (Å²) >= 11 is 1.56. The van der Waals surface area contributed by atoms with Crippen molar-refractivity contribution in [2.45, 2.75) is 25.7 Å². The van der Waals surface area contributed by atoms with Gasteiger partial charge in [0.05, 0.1) is 5.92 Å². The van der Waals surface area contributed by atoms with Crippen molar-refractivity contribution in [1.82, 2.24) is 0 Å². The molecule has 1 aromatic heterocycles. The van der Waals surface area contributed by atoms with E-state index in [0.29, 0.717) is 12.8 Å². The Morgan fingerprint density at radius 3 is 2.57 bits per heavy atom. The molecule has 2 unspecified atom stereocenters. The van der Waals surface area contributed by atoms with Crippen LogP contribution in [0.5, 0.6) is 0 Å². The molecule has 0 spiro atoms. The van der Waals surface area contributed by atoms with Crippen LogP contribution in [-0.2, 0) is 20.6 Å². The Balaban J connectivity index is 2.45. The van der Waals surface area contributed by atoms with Crippen molar-refractivity contribution in [3.63, 3.8) is 0 Å². The first kappa shape index (κ1) is 17.9. The van der Waals surface area contributed by atoms with Crippen LogP contribution in [-0.4, -0.2) is 39.4 Å². The van der Waals surface area contributed by atoms with Crippen LogP contribution in [0.2, 0.25) is 0 Å². The molecule has 1 rings (SSSR count). The first-order valence-electron chi connectivity index (χ1n) is 6.56. The number of aliphatic carboxylic acids is 2. The molecule has 3 N–H and O–H groups in total. The molecular formula is C13H19O6PS. The summed E-state index contributed by atoms with van der Waals surface area (Å²) in [7, 11) is -3.55. The highest BCUT2D eigenvalue weighted by Gasteiger charge is 2.28. The van der Waals surface area contributed by atoms with Crippen molar-refractivity contribution >= 4 is 30.6 Å². The van der Waals surface area contributed by atoms with E-state index in [9.17, 15) is 19.0 Å². The lowest BCUT2D eigenvalue weighted by Crippen LogP contribution is -2.20. The van der Waals surface area contributed by atoms with Crippen molar-refractivity contribution in [3.05, 3.63) is 22.4 Å². The zero-order chi connectivity index (χ0) is 15.9. The maximum Gasteiger partial charge on any atom is 0.307 e. The van der Waals surface area contributed by atoms with E-state index in [4.69, 9.17) is 10.2 Å². The monoisotopic (exact) mass is 334 g/mol. The number of hydrogen-bond acceptors (Lipinski definition) is 4. The van der Waals surface area contributed by atoms with E-state index in [0.717, 1.165) is 5.56 Å². The van der Waals surface area contributed by atoms with Crippen molar-refractivity contribution in [1.29, 1.82) is 0 Å². The van der Waals surface area contributed by atoms with E-state index in [1.807, 2.05) is 16.8 Å². The molecule has 0 saturated carbocycles. The fourth-order valence-electron chi connectivity index (χ4n) is 1.99. The average Bonchev–Trinajstić information content (AvgIpc) is 2.86. The molecular weight excluding hydrogens is 315 g/mol. The summed E-state index contributed by atoms with van der Waals surface area (Å²) in [5.74, 6) is -3.41. The number of carboxylic acid groups (broad SMARTS) is 2. The minimum atomic E-state index is -3.55. The second-order valence-electron chi connectivity index (χ2n) is 4.96. The van der Waals surface area contributed by atoms with E-state index in [-0.39, 0.29) is 25.2 Å². The van der Waals surface area contributed by atoms with E-state index < -0.39 is 25.2 Å². The maximum absolute atomic E-state index is 12.0. The molecule has 1 heterocycles. The van der Waals surface area contributed by atoms with Crippen LogP contribution in [0.25, 0.3) is 0 Å². The average molecular weight is 334 g/mol. The lowest BCUT2D eigenvalue weighted by Gasteiger charge is -2.16. The molecule has 0 amide bonds. The Bertz CT molecular complexity index is 513. The summed E-state index contributed by atoms with van der Waals surface area (Å²) in [5.41, 5.74) is 1.10. The predicted molar refractivity (Wildman–Crippen MR) is 80.2 cm³/mol. The minimum absolute atomic E-state index is 0.0553. The van der Waals surface area contributed by atoms with Crippen LogP contribution in [0.4, 0.5) is 0 Å². The van der Waals surface area contributed by atoms with Gasteiger partial charge in [0, 0.05) is 18.7 Å². The Morgan fingerprint density at radius 2 is 2.05 bits per heavy atom. The van der Waals surface area contributed by atoms with Crippen molar-refractivity contribution in [2.75, 3.05) is 12.3 Å². The first-order valence-corrected chi connectivity index (χ1v) is 9.54. The number of carbonyl (C=O) groups is 2. The predicted octanol–water partition coefficient (Wildman–Crippen LogP) is 2.52. The fraction of sp³-hybridized carbons (Fsp3) is 0.538. The molecule has 118 valence electrons. The van der Waals surface area contributed by atoms with E-state index in [1.54, 1.807) is 11.3 Å². The summed E-state index contributed by atoms with van der Waals surface area (Å²) in [6.07, 6.45) is 0.446. The molecule has 0 aliphatic heterocycles.